The van der Waals surface area contributed by atoms with E-state index in [1.165, 1.54) is 12.3 Å². The average molecular weight is 334 g/mol. The molecule has 1 heterocycles. The summed E-state index contributed by atoms with van der Waals surface area (Å²) in [5, 5.41) is 0. The summed E-state index contributed by atoms with van der Waals surface area (Å²) >= 11 is 0. The summed E-state index contributed by atoms with van der Waals surface area (Å²) in [6.07, 6.45) is 0.361. The Bertz CT molecular complexity index is 880. The van der Waals surface area contributed by atoms with Crippen LogP contribution in [-0.4, -0.2) is 11.8 Å². The number of esters is 1. The maximum atomic E-state index is 13.0. The van der Waals surface area contributed by atoms with Crippen LogP contribution in [0.2, 0.25) is 0 Å². The van der Waals surface area contributed by atoms with Gasteiger partial charge in [-0.2, -0.15) is 0 Å². The lowest BCUT2D eigenvalue weighted by molar-refractivity contribution is 0.0250. The van der Waals surface area contributed by atoms with Gasteiger partial charge in [-0.05, 0) is 43.2 Å². The monoisotopic (exact) mass is 334 g/mol. The third-order valence-corrected chi connectivity index (χ3v) is 4.08. The van der Waals surface area contributed by atoms with Crippen LogP contribution in [0.4, 0.5) is 0 Å². The van der Waals surface area contributed by atoms with Crippen LogP contribution < -0.4 is 0 Å². The van der Waals surface area contributed by atoms with Crippen molar-refractivity contribution >= 4 is 11.8 Å². The molecule has 126 valence electrons. The summed E-state index contributed by atoms with van der Waals surface area (Å²) in [4.78, 5) is 25.3. The summed E-state index contributed by atoms with van der Waals surface area (Å²) in [5.41, 5.74) is 3.23. The van der Waals surface area contributed by atoms with Crippen LogP contribution in [0.25, 0.3) is 0 Å². The number of ketones is 1. The number of aryl methyl sites for hydroxylation is 2. The summed E-state index contributed by atoms with van der Waals surface area (Å²) in [7, 11) is 0. The van der Waals surface area contributed by atoms with Crippen LogP contribution in [-0.2, 0) is 4.74 Å². The molecule has 0 saturated heterocycles. The predicted octanol–water partition coefficient (Wildman–Crippen LogP) is 4.68. The lowest BCUT2D eigenvalue weighted by atomic mass is 9.97. The minimum absolute atomic E-state index is 0.0637. The highest BCUT2D eigenvalue weighted by Gasteiger charge is 2.27. The van der Waals surface area contributed by atoms with Crippen LogP contribution in [0.5, 0.6) is 0 Å². The Balaban J connectivity index is 1.94. The lowest BCUT2D eigenvalue weighted by Crippen LogP contribution is -2.20. The zero-order valence-electron chi connectivity index (χ0n) is 14.1. The average Bonchev–Trinajstić information content (AvgIpc) is 3.17. The van der Waals surface area contributed by atoms with Crippen molar-refractivity contribution in [3.8, 4) is 0 Å². The number of carbonyl (C=O) groups excluding carboxylic acids is 2. The Kier molecular flexibility index (Phi) is 4.80. The van der Waals surface area contributed by atoms with Crippen molar-refractivity contribution in [2.75, 3.05) is 0 Å². The molecule has 0 radical (unpaired) electrons. The Morgan fingerprint density at radius 2 is 1.68 bits per heavy atom. The van der Waals surface area contributed by atoms with E-state index in [1.54, 1.807) is 36.4 Å². The number of hydrogen-bond acceptors (Lipinski definition) is 4. The number of rotatable bonds is 5. The molecule has 4 nitrogen and oxygen atoms in total. The van der Waals surface area contributed by atoms with E-state index in [0.29, 0.717) is 11.1 Å². The number of benzene rings is 2. The molecule has 0 saturated carbocycles. The molecule has 1 aromatic heterocycles. The van der Waals surface area contributed by atoms with Crippen LogP contribution in [0.1, 0.15) is 43.7 Å². The number of furan rings is 1. The van der Waals surface area contributed by atoms with Gasteiger partial charge in [-0.25, -0.2) is 4.79 Å². The minimum atomic E-state index is -1.03. The highest BCUT2D eigenvalue weighted by Crippen LogP contribution is 2.25. The van der Waals surface area contributed by atoms with Gasteiger partial charge in [-0.3, -0.25) is 4.79 Å². The molecule has 0 spiro atoms. The van der Waals surface area contributed by atoms with Gasteiger partial charge in [-0.15, -0.1) is 0 Å². The van der Waals surface area contributed by atoms with E-state index in [0.717, 1.165) is 11.1 Å². The van der Waals surface area contributed by atoms with Gasteiger partial charge in [0.15, 0.2) is 6.10 Å². The first-order valence-corrected chi connectivity index (χ1v) is 7.97. The predicted molar refractivity (Wildman–Crippen MR) is 93.6 cm³/mol. The minimum Gasteiger partial charge on any atom is -0.457 e. The van der Waals surface area contributed by atoms with Crippen molar-refractivity contribution in [2.45, 2.75) is 20.0 Å². The first-order valence-electron chi connectivity index (χ1n) is 7.97. The van der Waals surface area contributed by atoms with E-state index in [4.69, 9.17) is 9.15 Å². The van der Waals surface area contributed by atoms with E-state index in [-0.39, 0.29) is 11.5 Å². The summed E-state index contributed by atoms with van der Waals surface area (Å²) in [5.74, 6) is -0.876. The second-order valence-electron chi connectivity index (χ2n) is 5.84. The molecule has 0 bridgehead atoms. The maximum absolute atomic E-state index is 13.0. The fraction of sp³-hybridized carbons (Fsp3) is 0.143. The third-order valence-electron chi connectivity index (χ3n) is 4.08. The Morgan fingerprint density at radius 3 is 2.32 bits per heavy atom. The fourth-order valence-corrected chi connectivity index (χ4v) is 2.51. The largest absolute Gasteiger partial charge is 0.457 e. The van der Waals surface area contributed by atoms with Gasteiger partial charge >= 0.3 is 5.97 Å². The van der Waals surface area contributed by atoms with Gasteiger partial charge < -0.3 is 9.15 Å². The Labute approximate surface area is 146 Å². The highest BCUT2D eigenvalue weighted by molar-refractivity contribution is 6.02. The molecule has 0 unspecified atom stereocenters. The van der Waals surface area contributed by atoms with Crippen LogP contribution >= 0.6 is 0 Å². The number of hydrogen-bond donors (Lipinski definition) is 0. The Hall–Kier alpha value is -3.14. The number of Topliss-reactive ketones (excluding diaryl/α,β-unsaturated/α-hetero) is 1. The molecule has 1 atom stereocenters. The van der Waals surface area contributed by atoms with Crippen molar-refractivity contribution in [1.29, 1.82) is 0 Å². The van der Waals surface area contributed by atoms with Crippen molar-refractivity contribution in [2.24, 2.45) is 0 Å². The molecule has 0 aliphatic carbocycles. The molecule has 2 aromatic carbocycles. The summed E-state index contributed by atoms with van der Waals surface area (Å²) in [6, 6.07) is 17.5. The zero-order valence-corrected chi connectivity index (χ0v) is 14.1. The second-order valence-corrected chi connectivity index (χ2v) is 5.84. The second kappa shape index (κ2) is 7.18. The molecule has 0 aliphatic rings. The quantitative estimate of drug-likeness (QED) is 0.502. The van der Waals surface area contributed by atoms with E-state index >= 15 is 0 Å². The standard InChI is InChI=1S/C21H18O4/c1-14-10-11-17(13-15(14)2)19(22)20(16-7-4-3-5-8-16)25-21(23)18-9-6-12-24-18/h3-13,20H,1-2H3/t20-/m0/s1. The van der Waals surface area contributed by atoms with E-state index in [1.807, 2.05) is 32.0 Å². The number of carbonyl (C=O) groups is 2. The molecule has 0 aliphatic heterocycles. The van der Waals surface area contributed by atoms with Crippen molar-refractivity contribution in [3.63, 3.8) is 0 Å². The van der Waals surface area contributed by atoms with Crippen LogP contribution in [0.3, 0.4) is 0 Å². The van der Waals surface area contributed by atoms with Crippen LogP contribution in [0, 0.1) is 13.8 Å². The first-order chi connectivity index (χ1) is 12.1. The number of ether oxygens (including phenoxy) is 1. The summed E-state index contributed by atoms with van der Waals surface area (Å²) < 4.78 is 10.6. The molecular weight excluding hydrogens is 316 g/mol. The summed E-state index contributed by atoms with van der Waals surface area (Å²) in [6.45, 7) is 3.92. The van der Waals surface area contributed by atoms with Gasteiger partial charge in [0, 0.05) is 11.1 Å². The van der Waals surface area contributed by atoms with Gasteiger partial charge in [0.25, 0.3) is 0 Å². The normalized spacial score (nSPS) is 11.8. The van der Waals surface area contributed by atoms with Gasteiger partial charge in [0.1, 0.15) is 0 Å². The lowest BCUT2D eigenvalue weighted by Gasteiger charge is -2.17. The molecule has 4 heteroatoms. The van der Waals surface area contributed by atoms with Crippen molar-refractivity contribution < 1.29 is 18.7 Å². The Morgan fingerprint density at radius 1 is 0.920 bits per heavy atom. The molecule has 25 heavy (non-hydrogen) atoms. The van der Waals surface area contributed by atoms with Gasteiger partial charge in [-0.1, -0.05) is 42.5 Å². The zero-order chi connectivity index (χ0) is 17.8. The third kappa shape index (κ3) is 3.69. The molecule has 0 fully saturated rings. The van der Waals surface area contributed by atoms with Gasteiger partial charge in [0.05, 0.1) is 6.26 Å². The highest BCUT2D eigenvalue weighted by atomic mass is 16.6. The van der Waals surface area contributed by atoms with Crippen molar-refractivity contribution in [1.82, 2.24) is 0 Å². The van der Waals surface area contributed by atoms with Crippen molar-refractivity contribution in [3.05, 3.63) is 94.9 Å². The maximum Gasteiger partial charge on any atom is 0.375 e. The SMILES string of the molecule is Cc1ccc(C(=O)[C@@H](OC(=O)c2ccco2)c2ccccc2)cc1C. The smallest absolute Gasteiger partial charge is 0.375 e. The van der Waals surface area contributed by atoms with E-state index < -0.39 is 12.1 Å². The van der Waals surface area contributed by atoms with E-state index in [2.05, 4.69) is 0 Å². The molecule has 3 aromatic rings. The molecule has 3 rings (SSSR count). The molecule has 0 amide bonds. The van der Waals surface area contributed by atoms with Crippen LogP contribution in [0.15, 0.2) is 71.3 Å². The van der Waals surface area contributed by atoms with E-state index in [9.17, 15) is 9.59 Å². The first kappa shape index (κ1) is 16.7. The topological polar surface area (TPSA) is 56.5 Å². The molecular formula is C21H18O4. The van der Waals surface area contributed by atoms with Gasteiger partial charge in [0.2, 0.25) is 11.5 Å². The fourth-order valence-electron chi connectivity index (χ4n) is 2.51. The molecule has 0 N–H and O–H groups in total.